The molecule has 0 radical (unpaired) electrons. The van der Waals surface area contributed by atoms with E-state index in [0.717, 1.165) is 29.1 Å². The van der Waals surface area contributed by atoms with Crippen LogP contribution in [-0.2, 0) is 6.18 Å². The summed E-state index contributed by atoms with van der Waals surface area (Å²) in [6.45, 7) is 3.87. The van der Waals surface area contributed by atoms with Crippen LogP contribution in [0.2, 0.25) is 0 Å². The van der Waals surface area contributed by atoms with Gasteiger partial charge in [0, 0.05) is 17.6 Å². The molecule has 100 valence electrons. The number of nitrogens with one attached hydrogen (secondary N) is 1. The molecule has 0 spiro atoms. The number of aromatic nitrogens is 1. The van der Waals surface area contributed by atoms with E-state index < -0.39 is 11.9 Å². The number of hydrogen-bond donors (Lipinski definition) is 1. The lowest BCUT2D eigenvalue weighted by Gasteiger charge is -2.12. The first kappa shape index (κ1) is 13.4. The molecule has 0 aliphatic rings. The van der Waals surface area contributed by atoms with E-state index in [1.165, 1.54) is 6.07 Å². The van der Waals surface area contributed by atoms with Crippen molar-refractivity contribution in [2.75, 3.05) is 5.32 Å². The Kier molecular flexibility index (Phi) is 3.46. The summed E-state index contributed by atoms with van der Waals surface area (Å²) in [6.07, 6.45) is -3.28. The Balaban J connectivity index is 2.29. The molecule has 0 aliphatic heterocycles. The molecule has 0 saturated heterocycles. The summed E-state index contributed by atoms with van der Waals surface area (Å²) in [4.78, 5) is 3.32. The third kappa shape index (κ3) is 3.24. The molecule has 1 N–H and O–H groups in total. The highest BCUT2D eigenvalue weighted by Crippen LogP contribution is 2.30. The van der Waals surface area contributed by atoms with Gasteiger partial charge in [-0.1, -0.05) is 17.7 Å². The van der Waals surface area contributed by atoms with Crippen LogP contribution < -0.4 is 5.32 Å². The summed E-state index contributed by atoms with van der Waals surface area (Å²) < 4.78 is 37.6. The Morgan fingerprint density at radius 3 is 2.42 bits per heavy atom. The van der Waals surface area contributed by atoms with E-state index >= 15 is 0 Å². The number of aryl methyl sites for hydroxylation is 2. The average Bonchev–Trinajstić information content (AvgIpc) is 2.32. The van der Waals surface area contributed by atoms with E-state index in [-0.39, 0.29) is 0 Å². The van der Waals surface area contributed by atoms with Gasteiger partial charge in [0.2, 0.25) is 0 Å². The quantitative estimate of drug-likeness (QED) is 0.868. The van der Waals surface area contributed by atoms with Crippen LogP contribution in [0.1, 0.15) is 16.8 Å². The zero-order chi connectivity index (χ0) is 14.0. The first-order valence-electron chi connectivity index (χ1n) is 5.74. The molecular weight excluding hydrogens is 253 g/mol. The predicted molar refractivity (Wildman–Crippen MR) is 68.4 cm³/mol. The van der Waals surface area contributed by atoms with Crippen LogP contribution in [0.5, 0.6) is 0 Å². The number of nitrogens with zero attached hydrogens (tertiary/aromatic N) is 1. The topological polar surface area (TPSA) is 24.9 Å². The van der Waals surface area contributed by atoms with Gasteiger partial charge in [0.15, 0.2) is 0 Å². The van der Waals surface area contributed by atoms with Crippen LogP contribution in [0.15, 0.2) is 36.5 Å². The van der Waals surface area contributed by atoms with E-state index in [0.29, 0.717) is 5.69 Å². The molecule has 2 rings (SSSR count). The monoisotopic (exact) mass is 266 g/mol. The number of halogens is 3. The molecule has 5 heteroatoms. The average molecular weight is 266 g/mol. The fourth-order valence-corrected chi connectivity index (χ4v) is 1.77. The molecule has 0 aliphatic carbocycles. The summed E-state index contributed by atoms with van der Waals surface area (Å²) in [7, 11) is 0. The number of alkyl halides is 3. The van der Waals surface area contributed by atoms with Crippen LogP contribution >= 0.6 is 0 Å². The van der Waals surface area contributed by atoms with Crippen LogP contribution in [0.25, 0.3) is 0 Å². The molecule has 0 bridgehead atoms. The van der Waals surface area contributed by atoms with E-state index in [2.05, 4.69) is 10.3 Å². The fraction of sp³-hybridized carbons (Fsp3) is 0.214. The Hall–Kier alpha value is -2.04. The lowest BCUT2D eigenvalue weighted by atomic mass is 10.1. The molecule has 1 aromatic heterocycles. The zero-order valence-corrected chi connectivity index (χ0v) is 10.5. The minimum Gasteiger partial charge on any atom is -0.355 e. The maximum atomic E-state index is 12.5. The van der Waals surface area contributed by atoms with Gasteiger partial charge in [0.1, 0.15) is 5.69 Å². The summed E-state index contributed by atoms with van der Waals surface area (Å²) >= 11 is 0. The highest BCUT2D eigenvalue weighted by Gasteiger charge is 2.32. The highest BCUT2D eigenvalue weighted by atomic mass is 19.4. The fourth-order valence-electron chi connectivity index (χ4n) is 1.77. The maximum Gasteiger partial charge on any atom is 0.433 e. The smallest absolute Gasteiger partial charge is 0.355 e. The lowest BCUT2D eigenvalue weighted by molar-refractivity contribution is -0.141. The number of hydrogen-bond acceptors (Lipinski definition) is 2. The first-order chi connectivity index (χ1) is 8.86. The summed E-state index contributed by atoms with van der Waals surface area (Å²) in [5.74, 6) is 0. The second-order valence-electron chi connectivity index (χ2n) is 4.37. The van der Waals surface area contributed by atoms with Crippen LogP contribution in [0, 0.1) is 13.8 Å². The standard InChI is InChI=1S/C14H13F3N2/c1-9-3-4-12(10(2)7-9)19-11-5-6-18-13(8-11)14(15,16)17/h3-8H,1-2H3,(H,18,19). The van der Waals surface area contributed by atoms with Gasteiger partial charge in [-0.25, -0.2) is 0 Å². The van der Waals surface area contributed by atoms with Gasteiger partial charge in [-0.15, -0.1) is 0 Å². The summed E-state index contributed by atoms with van der Waals surface area (Å²) in [5, 5.41) is 2.97. The Morgan fingerprint density at radius 2 is 1.79 bits per heavy atom. The lowest BCUT2D eigenvalue weighted by Crippen LogP contribution is -2.08. The molecule has 0 atom stereocenters. The molecule has 2 nitrogen and oxygen atoms in total. The van der Waals surface area contributed by atoms with E-state index in [4.69, 9.17) is 0 Å². The summed E-state index contributed by atoms with van der Waals surface area (Å²) in [6, 6.07) is 8.22. The van der Waals surface area contributed by atoms with Gasteiger partial charge in [-0.2, -0.15) is 13.2 Å². The van der Waals surface area contributed by atoms with Crippen molar-refractivity contribution >= 4 is 11.4 Å². The van der Waals surface area contributed by atoms with Crippen molar-refractivity contribution in [2.24, 2.45) is 0 Å². The third-order valence-electron chi connectivity index (χ3n) is 2.71. The highest BCUT2D eigenvalue weighted by molar-refractivity contribution is 5.63. The van der Waals surface area contributed by atoms with Gasteiger partial charge in [-0.3, -0.25) is 4.98 Å². The second-order valence-corrected chi connectivity index (χ2v) is 4.37. The van der Waals surface area contributed by atoms with Crippen molar-refractivity contribution in [3.05, 3.63) is 53.3 Å². The van der Waals surface area contributed by atoms with Crippen LogP contribution in [0.3, 0.4) is 0 Å². The van der Waals surface area contributed by atoms with Crippen LogP contribution in [-0.4, -0.2) is 4.98 Å². The van der Waals surface area contributed by atoms with Crippen molar-refractivity contribution in [3.63, 3.8) is 0 Å². The Morgan fingerprint density at radius 1 is 1.05 bits per heavy atom. The Labute approximate surface area is 109 Å². The minimum atomic E-state index is -4.43. The van der Waals surface area contributed by atoms with Gasteiger partial charge in [0.25, 0.3) is 0 Å². The molecule has 1 aromatic carbocycles. The molecule has 0 amide bonds. The maximum absolute atomic E-state index is 12.5. The van der Waals surface area contributed by atoms with Crippen molar-refractivity contribution in [1.82, 2.24) is 4.98 Å². The van der Waals surface area contributed by atoms with E-state index in [1.807, 2.05) is 32.0 Å². The first-order valence-corrected chi connectivity index (χ1v) is 5.74. The van der Waals surface area contributed by atoms with E-state index in [9.17, 15) is 13.2 Å². The Bertz CT molecular complexity index is 591. The van der Waals surface area contributed by atoms with E-state index in [1.54, 1.807) is 0 Å². The SMILES string of the molecule is Cc1ccc(Nc2ccnc(C(F)(F)F)c2)c(C)c1. The number of anilines is 2. The minimum absolute atomic E-state index is 0.370. The predicted octanol–water partition coefficient (Wildman–Crippen LogP) is 4.46. The molecular formula is C14H13F3N2. The molecule has 19 heavy (non-hydrogen) atoms. The molecule has 1 heterocycles. The third-order valence-corrected chi connectivity index (χ3v) is 2.71. The largest absolute Gasteiger partial charge is 0.433 e. The van der Waals surface area contributed by atoms with Crippen molar-refractivity contribution < 1.29 is 13.2 Å². The number of pyridine rings is 1. The molecule has 2 aromatic rings. The molecule has 0 saturated carbocycles. The molecule has 0 unspecified atom stereocenters. The van der Waals surface area contributed by atoms with Gasteiger partial charge in [-0.05, 0) is 37.6 Å². The van der Waals surface area contributed by atoms with Gasteiger partial charge in [0.05, 0.1) is 0 Å². The van der Waals surface area contributed by atoms with Crippen LogP contribution in [0.4, 0.5) is 24.5 Å². The molecule has 0 fully saturated rings. The number of rotatable bonds is 2. The van der Waals surface area contributed by atoms with Crippen molar-refractivity contribution in [3.8, 4) is 0 Å². The normalized spacial score (nSPS) is 11.4. The van der Waals surface area contributed by atoms with Gasteiger partial charge >= 0.3 is 6.18 Å². The van der Waals surface area contributed by atoms with Crippen molar-refractivity contribution in [1.29, 1.82) is 0 Å². The summed E-state index contributed by atoms with van der Waals surface area (Å²) in [5.41, 5.74) is 2.33. The number of benzene rings is 1. The second kappa shape index (κ2) is 4.91. The van der Waals surface area contributed by atoms with Gasteiger partial charge < -0.3 is 5.32 Å². The zero-order valence-electron chi connectivity index (χ0n) is 10.5. The van der Waals surface area contributed by atoms with Crippen molar-refractivity contribution in [2.45, 2.75) is 20.0 Å².